The number of hydrogen-bond donors (Lipinski definition) is 1. The fraction of sp³-hybridized carbons (Fsp3) is 0.667. The van der Waals surface area contributed by atoms with Crippen molar-refractivity contribution in [3.05, 3.63) is 29.8 Å². The zero-order chi connectivity index (χ0) is 16.0. The molecular weight excluding hydrogens is 276 g/mol. The van der Waals surface area contributed by atoms with E-state index >= 15 is 0 Å². The van der Waals surface area contributed by atoms with Gasteiger partial charge in [-0.2, -0.15) is 0 Å². The number of aliphatic hydroxyl groups is 1. The van der Waals surface area contributed by atoms with Crippen molar-refractivity contribution in [1.82, 2.24) is 9.80 Å². The van der Waals surface area contributed by atoms with Gasteiger partial charge < -0.3 is 9.84 Å². The number of aliphatic hydroxyl groups excluding tert-OH is 1. The normalized spacial score (nSPS) is 17.6. The summed E-state index contributed by atoms with van der Waals surface area (Å²) in [5, 5.41) is 8.95. The maximum absolute atomic E-state index is 8.95. The van der Waals surface area contributed by atoms with Gasteiger partial charge in [0.25, 0.3) is 0 Å². The van der Waals surface area contributed by atoms with Gasteiger partial charge >= 0.3 is 0 Å². The lowest BCUT2D eigenvalue weighted by Gasteiger charge is -2.34. The highest BCUT2D eigenvalue weighted by atomic mass is 16.5. The molecule has 1 fully saturated rings. The Hall–Kier alpha value is -1.10. The Morgan fingerprint density at radius 3 is 2.00 bits per heavy atom. The van der Waals surface area contributed by atoms with Gasteiger partial charge in [-0.05, 0) is 23.1 Å². The molecule has 0 radical (unpaired) electrons. The average molecular weight is 306 g/mol. The second-order valence-corrected chi connectivity index (χ2v) is 7.03. The predicted octanol–water partition coefficient (Wildman–Crippen LogP) is 1.97. The van der Waals surface area contributed by atoms with E-state index in [1.54, 1.807) is 0 Å². The van der Waals surface area contributed by atoms with Crippen LogP contribution in [0, 0.1) is 0 Å². The first-order chi connectivity index (χ1) is 10.5. The Kier molecular flexibility index (Phi) is 6.24. The Bertz CT molecular complexity index is 431. The molecule has 0 atom stereocenters. The van der Waals surface area contributed by atoms with E-state index in [0.29, 0.717) is 0 Å². The van der Waals surface area contributed by atoms with E-state index in [1.165, 1.54) is 5.56 Å². The highest BCUT2D eigenvalue weighted by Crippen LogP contribution is 2.24. The molecule has 0 saturated carbocycles. The maximum Gasteiger partial charge on any atom is 0.119 e. The summed E-state index contributed by atoms with van der Waals surface area (Å²) >= 11 is 0. The topological polar surface area (TPSA) is 35.9 Å². The average Bonchev–Trinajstić information content (AvgIpc) is 2.49. The van der Waals surface area contributed by atoms with Crippen molar-refractivity contribution in [2.75, 3.05) is 52.5 Å². The molecule has 22 heavy (non-hydrogen) atoms. The van der Waals surface area contributed by atoms with Gasteiger partial charge in [0.05, 0.1) is 6.61 Å². The number of hydrogen-bond acceptors (Lipinski definition) is 4. The van der Waals surface area contributed by atoms with E-state index in [9.17, 15) is 0 Å². The summed E-state index contributed by atoms with van der Waals surface area (Å²) in [7, 11) is 0. The first-order valence-corrected chi connectivity index (χ1v) is 8.28. The van der Waals surface area contributed by atoms with Crippen LogP contribution in [0.1, 0.15) is 26.3 Å². The van der Waals surface area contributed by atoms with Gasteiger partial charge in [0.1, 0.15) is 12.4 Å². The number of rotatable bonds is 6. The molecule has 4 heteroatoms. The van der Waals surface area contributed by atoms with Crippen molar-refractivity contribution in [2.24, 2.45) is 0 Å². The highest BCUT2D eigenvalue weighted by Gasteiger charge is 2.16. The van der Waals surface area contributed by atoms with E-state index in [2.05, 4.69) is 54.8 Å². The fourth-order valence-corrected chi connectivity index (χ4v) is 2.72. The summed E-state index contributed by atoms with van der Waals surface area (Å²) in [5.74, 6) is 0.951. The molecule has 1 aliphatic rings. The Morgan fingerprint density at radius 1 is 0.955 bits per heavy atom. The predicted molar refractivity (Wildman–Crippen MR) is 90.6 cm³/mol. The summed E-state index contributed by atoms with van der Waals surface area (Å²) in [6.45, 7) is 13.6. The second-order valence-electron chi connectivity index (χ2n) is 7.03. The summed E-state index contributed by atoms with van der Waals surface area (Å²) in [4.78, 5) is 4.74. The zero-order valence-electron chi connectivity index (χ0n) is 14.2. The van der Waals surface area contributed by atoms with E-state index in [-0.39, 0.29) is 12.0 Å². The standard InChI is InChI=1S/C18H30N2O2/c1-18(2,3)16-4-6-17(7-5-16)22-15-13-20-10-8-19(9-11-20)12-14-21/h4-7,21H,8-15H2,1-3H3. The number of nitrogens with zero attached hydrogens (tertiary/aromatic N) is 2. The van der Waals surface area contributed by atoms with Gasteiger partial charge in [-0.1, -0.05) is 32.9 Å². The quantitative estimate of drug-likeness (QED) is 0.872. The van der Waals surface area contributed by atoms with Crippen molar-refractivity contribution in [2.45, 2.75) is 26.2 Å². The Morgan fingerprint density at radius 2 is 1.50 bits per heavy atom. The first kappa shape index (κ1) is 17.3. The zero-order valence-corrected chi connectivity index (χ0v) is 14.2. The van der Waals surface area contributed by atoms with E-state index in [4.69, 9.17) is 9.84 Å². The number of β-amino-alcohol motifs (C(OH)–C–C–N with tert-alkyl or cyclic N) is 1. The Labute approximate surface area is 134 Å². The van der Waals surface area contributed by atoms with Gasteiger partial charge in [0.15, 0.2) is 0 Å². The van der Waals surface area contributed by atoms with E-state index in [1.807, 2.05) is 0 Å². The first-order valence-electron chi connectivity index (χ1n) is 8.28. The maximum atomic E-state index is 8.95. The van der Waals surface area contributed by atoms with Gasteiger partial charge in [0.2, 0.25) is 0 Å². The molecule has 1 aliphatic heterocycles. The van der Waals surface area contributed by atoms with Crippen LogP contribution in [0.2, 0.25) is 0 Å². The van der Waals surface area contributed by atoms with Crippen LogP contribution in [0.25, 0.3) is 0 Å². The molecule has 1 saturated heterocycles. The van der Waals surface area contributed by atoms with Crippen LogP contribution >= 0.6 is 0 Å². The van der Waals surface area contributed by atoms with Crippen LogP contribution in [0.3, 0.4) is 0 Å². The Balaban J connectivity index is 1.69. The molecule has 124 valence electrons. The summed E-state index contributed by atoms with van der Waals surface area (Å²) in [6.07, 6.45) is 0. The molecule has 1 N–H and O–H groups in total. The molecule has 0 aromatic heterocycles. The van der Waals surface area contributed by atoms with Crippen molar-refractivity contribution < 1.29 is 9.84 Å². The largest absolute Gasteiger partial charge is 0.492 e. The molecule has 0 spiro atoms. The van der Waals surface area contributed by atoms with Gasteiger partial charge in [-0.25, -0.2) is 0 Å². The molecule has 4 nitrogen and oxygen atoms in total. The third-order valence-electron chi connectivity index (χ3n) is 4.28. The highest BCUT2D eigenvalue weighted by molar-refractivity contribution is 5.31. The minimum absolute atomic E-state index is 0.187. The van der Waals surface area contributed by atoms with Crippen molar-refractivity contribution >= 4 is 0 Å². The minimum atomic E-state index is 0.187. The number of benzene rings is 1. The smallest absolute Gasteiger partial charge is 0.119 e. The molecule has 0 amide bonds. The van der Waals surface area contributed by atoms with Crippen molar-refractivity contribution in [3.63, 3.8) is 0 Å². The van der Waals surface area contributed by atoms with Crippen LogP contribution in [0.4, 0.5) is 0 Å². The van der Waals surface area contributed by atoms with Crippen LogP contribution in [-0.2, 0) is 5.41 Å². The van der Waals surface area contributed by atoms with Crippen molar-refractivity contribution in [3.8, 4) is 5.75 Å². The van der Waals surface area contributed by atoms with Crippen LogP contribution in [-0.4, -0.2) is 67.4 Å². The molecular formula is C18H30N2O2. The molecule has 1 aromatic carbocycles. The summed E-state index contributed by atoms with van der Waals surface area (Å²) in [6, 6.07) is 8.45. The molecule has 0 unspecified atom stereocenters. The lowest BCUT2D eigenvalue weighted by molar-refractivity contribution is 0.102. The van der Waals surface area contributed by atoms with Gasteiger partial charge in [0, 0.05) is 39.3 Å². The molecule has 0 aliphatic carbocycles. The van der Waals surface area contributed by atoms with Gasteiger partial charge in [-0.3, -0.25) is 9.80 Å². The lowest BCUT2D eigenvalue weighted by atomic mass is 9.87. The third-order valence-corrected chi connectivity index (χ3v) is 4.28. The van der Waals surface area contributed by atoms with Crippen LogP contribution < -0.4 is 4.74 Å². The molecule has 2 rings (SSSR count). The van der Waals surface area contributed by atoms with E-state index < -0.39 is 0 Å². The SMILES string of the molecule is CC(C)(C)c1ccc(OCCN2CCN(CCO)CC2)cc1. The summed E-state index contributed by atoms with van der Waals surface area (Å²) < 4.78 is 5.86. The van der Waals surface area contributed by atoms with Crippen molar-refractivity contribution in [1.29, 1.82) is 0 Å². The fourth-order valence-electron chi connectivity index (χ4n) is 2.72. The third kappa shape index (κ3) is 5.27. The monoisotopic (exact) mass is 306 g/mol. The number of piperazine rings is 1. The second kappa shape index (κ2) is 7.95. The van der Waals surface area contributed by atoms with Crippen LogP contribution in [0.5, 0.6) is 5.75 Å². The van der Waals surface area contributed by atoms with Gasteiger partial charge in [-0.15, -0.1) is 0 Å². The minimum Gasteiger partial charge on any atom is -0.492 e. The molecule has 1 heterocycles. The summed E-state index contributed by atoms with van der Waals surface area (Å²) in [5.41, 5.74) is 1.52. The molecule has 1 aromatic rings. The van der Waals surface area contributed by atoms with Crippen LogP contribution in [0.15, 0.2) is 24.3 Å². The number of ether oxygens (including phenoxy) is 1. The van der Waals surface area contributed by atoms with E-state index in [0.717, 1.165) is 51.6 Å². The molecule has 0 bridgehead atoms. The lowest BCUT2D eigenvalue weighted by Crippen LogP contribution is -2.48.